The van der Waals surface area contributed by atoms with E-state index in [4.69, 9.17) is 32.4 Å². The summed E-state index contributed by atoms with van der Waals surface area (Å²) in [6.45, 7) is 1.70. The third-order valence-electron chi connectivity index (χ3n) is 3.64. The molecule has 0 saturated carbocycles. The molecule has 5 nitrogen and oxygen atoms in total. The van der Waals surface area contributed by atoms with E-state index in [9.17, 15) is 4.79 Å². The second kappa shape index (κ2) is 8.75. The SMILES string of the molecule is Cc1cc(OCC(=O)NN=Cc2ccc(-c3ccc(Cl)cc3)o2)ccc1Cl. The molecule has 1 N–H and O–H groups in total. The summed E-state index contributed by atoms with van der Waals surface area (Å²) in [5, 5.41) is 5.17. The zero-order valence-electron chi connectivity index (χ0n) is 14.4. The van der Waals surface area contributed by atoms with E-state index in [-0.39, 0.29) is 12.5 Å². The van der Waals surface area contributed by atoms with Gasteiger partial charge >= 0.3 is 0 Å². The van der Waals surface area contributed by atoms with Crippen molar-refractivity contribution in [1.29, 1.82) is 0 Å². The van der Waals surface area contributed by atoms with Crippen molar-refractivity contribution in [2.75, 3.05) is 6.61 Å². The molecule has 0 spiro atoms. The van der Waals surface area contributed by atoms with Gasteiger partial charge in [0, 0.05) is 15.6 Å². The van der Waals surface area contributed by atoms with E-state index in [0.717, 1.165) is 11.1 Å². The molecule has 27 heavy (non-hydrogen) atoms. The molecule has 0 aliphatic rings. The smallest absolute Gasteiger partial charge is 0.277 e. The van der Waals surface area contributed by atoms with Crippen LogP contribution in [0.4, 0.5) is 0 Å². The third-order valence-corrected chi connectivity index (χ3v) is 4.31. The third kappa shape index (κ3) is 5.36. The van der Waals surface area contributed by atoms with E-state index in [1.165, 1.54) is 6.21 Å². The van der Waals surface area contributed by atoms with E-state index in [1.807, 2.05) is 25.1 Å². The number of halogens is 2. The minimum atomic E-state index is -0.386. The van der Waals surface area contributed by atoms with Crippen LogP contribution >= 0.6 is 23.2 Å². The highest BCUT2D eigenvalue weighted by Gasteiger charge is 2.05. The van der Waals surface area contributed by atoms with Crippen LogP contribution in [0.5, 0.6) is 5.75 Å². The number of hydrogen-bond donors (Lipinski definition) is 1. The standard InChI is InChI=1S/C20H16Cl2N2O3/c1-13-10-16(6-8-18(13)22)26-12-20(25)24-23-11-17-7-9-19(27-17)14-2-4-15(21)5-3-14/h2-11H,12H2,1H3,(H,24,25). The Kier molecular flexibility index (Phi) is 6.16. The fourth-order valence-corrected chi connectivity index (χ4v) is 2.49. The summed E-state index contributed by atoms with van der Waals surface area (Å²) >= 11 is 11.8. The molecule has 0 atom stereocenters. The Balaban J connectivity index is 1.50. The second-order valence-electron chi connectivity index (χ2n) is 5.70. The highest BCUT2D eigenvalue weighted by molar-refractivity contribution is 6.31. The van der Waals surface area contributed by atoms with E-state index in [0.29, 0.717) is 27.3 Å². The molecule has 1 heterocycles. The van der Waals surface area contributed by atoms with Gasteiger partial charge in [-0.15, -0.1) is 0 Å². The average Bonchev–Trinajstić information content (AvgIpc) is 3.12. The summed E-state index contributed by atoms with van der Waals surface area (Å²) in [7, 11) is 0. The Morgan fingerprint density at radius 3 is 2.67 bits per heavy atom. The number of nitrogens with zero attached hydrogens (tertiary/aromatic N) is 1. The van der Waals surface area contributed by atoms with Gasteiger partial charge in [-0.05, 0) is 67.1 Å². The van der Waals surface area contributed by atoms with Crippen molar-refractivity contribution < 1.29 is 13.9 Å². The van der Waals surface area contributed by atoms with Crippen LogP contribution in [0.2, 0.25) is 10.0 Å². The topological polar surface area (TPSA) is 63.8 Å². The number of nitrogens with one attached hydrogen (secondary N) is 1. The van der Waals surface area contributed by atoms with Crippen LogP contribution in [0.25, 0.3) is 11.3 Å². The van der Waals surface area contributed by atoms with E-state index < -0.39 is 0 Å². The minimum Gasteiger partial charge on any atom is -0.484 e. The Bertz CT molecular complexity index is 966. The molecule has 0 radical (unpaired) electrons. The molecule has 0 unspecified atom stereocenters. The van der Waals surface area contributed by atoms with Gasteiger partial charge in [0.15, 0.2) is 6.61 Å². The number of furan rings is 1. The molecule has 3 aromatic rings. The Morgan fingerprint density at radius 2 is 1.93 bits per heavy atom. The fraction of sp³-hybridized carbons (Fsp3) is 0.100. The Morgan fingerprint density at radius 1 is 1.15 bits per heavy atom. The summed E-state index contributed by atoms with van der Waals surface area (Å²) in [6.07, 6.45) is 1.42. The maximum Gasteiger partial charge on any atom is 0.277 e. The largest absolute Gasteiger partial charge is 0.484 e. The molecular weight excluding hydrogens is 387 g/mol. The number of carbonyl (C=O) groups excluding carboxylic acids is 1. The Labute approximate surface area is 166 Å². The highest BCUT2D eigenvalue weighted by atomic mass is 35.5. The van der Waals surface area contributed by atoms with Crippen LogP contribution < -0.4 is 10.2 Å². The summed E-state index contributed by atoms with van der Waals surface area (Å²) < 4.78 is 11.1. The van der Waals surface area contributed by atoms with Crippen molar-refractivity contribution in [3.63, 3.8) is 0 Å². The molecule has 0 saturated heterocycles. The van der Waals surface area contributed by atoms with Gasteiger partial charge in [-0.25, -0.2) is 5.43 Å². The first-order valence-corrected chi connectivity index (χ1v) is 8.83. The van der Waals surface area contributed by atoms with Gasteiger partial charge in [0.2, 0.25) is 0 Å². The lowest BCUT2D eigenvalue weighted by molar-refractivity contribution is -0.123. The monoisotopic (exact) mass is 402 g/mol. The first-order chi connectivity index (χ1) is 13.0. The van der Waals surface area contributed by atoms with Gasteiger partial charge < -0.3 is 9.15 Å². The van der Waals surface area contributed by atoms with Crippen molar-refractivity contribution >= 4 is 35.3 Å². The zero-order chi connectivity index (χ0) is 19.2. The Hall–Kier alpha value is -2.76. The van der Waals surface area contributed by atoms with E-state index in [2.05, 4.69) is 10.5 Å². The number of carbonyl (C=O) groups is 1. The van der Waals surface area contributed by atoms with Gasteiger partial charge in [0.05, 0.1) is 6.21 Å². The van der Waals surface area contributed by atoms with Crippen molar-refractivity contribution in [2.24, 2.45) is 5.10 Å². The van der Waals surface area contributed by atoms with Crippen molar-refractivity contribution in [1.82, 2.24) is 5.43 Å². The van der Waals surface area contributed by atoms with E-state index in [1.54, 1.807) is 36.4 Å². The minimum absolute atomic E-state index is 0.160. The fourth-order valence-electron chi connectivity index (χ4n) is 2.25. The summed E-state index contributed by atoms with van der Waals surface area (Å²) in [6, 6.07) is 16.1. The van der Waals surface area contributed by atoms with Crippen LogP contribution in [0.3, 0.4) is 0 Å². The normalized spacial score (nSPS) is 10.9. The molecule has 1 aromatic heterocycles. The van der Waals surface area contributed by atoms with Crippen LogP contribution in [0.1, 0.15) is 11.3 Å². The predicted molar refractivity (Wildman–Crippen MR) is 107 cm³/mol. The second-order valence-corrected chi connectivity index (χ2v) is 6.55. The van der Waals surface area contributed by atoms with Crippen LogP contribution in [-0.2, 0) is 4.79 Å². The highest BCUT2D eigenvalue weighted by Crippen LogP contribution is 2.23. The van der Waals surface area contributed by atoms with Gasteiger partial charge in [0.25, 0.3) is 5.91 Å². The lowest BCUT2D eigenvalue weighted by Crippen LogP contribution is -2.24. The molecule has 138 valence electrons. The average molecular weight is 403 g/mol. The van der Waals surface area contributed by atoms with Crippen molar-refractivity contribution in [3.05, 3.63) is 76.0 Å². The van der Waals surface area contributed by atoms with Gasteiger partial charge in [-0.1, -0.05) is 23.2 Å². The van der Waals surface area contributed by atoms with Gasteiger partial charge in [0.1, 0.15) is 17.3 Å². The van der Waals surface area contributed by atoms with E-state index >= 15 is 0 Å². The molecular formula is C20H16Cl2N2O3. The number of benzene rings is 2. The number of aryl methyl sites for hydroxylation is 1. The molecule has 0 aliphatic heterocycles. The molecule has 1 amide bonds. The molecule has 0 aliphatic carbocycles. The maximum atomic E-state index is 11.8. The first kappa shape index (κ1) is 19.0. The number of amides is 1. The quantitative estimate of drug-likeness (QED) is 0.461. The van der Waals surface area contributed by atoms with Gasteiger partial charge in [-0.3, -0.25) is 4.79 Å². The molecule has 7 heteroatoms. The number of rotatable bonds is 6. The predicted octanol–water partition coefficient (Wildman–Crippen LogP) is 5.09. The maximum absolute atomic E-state index is 11.8. The summed E-state index contributed by atoms with van der Waals surface area (Å²) in [4.78, 5) is 11.8. The summed E-state index contributed by atoms with van der Waals surface area (Å²) in [5.74, 6) is 1.37. The van der Waals surface area contributed by atoms with Crippen LogP contribution in [-0.4, -0.2) is 18.7 Å². The number of ether oxygens (including phenoxy) is 1. The molecule has 3 rings (SSSR count). The summed E-state index contributed by atoms with van der Waals surface area (Å²) in [5.41, 5.74) is 4.16. The van der Waals surface area contributed by atoms with Crippen LogP contribution in [0.15, 0.2) is 64.1 Å². The van der Waals surface area contributed by atoms with Crippen LogP contribution in [0, 0.1) is 6.92 Å². The van der Waals surface area contributed by atoms with Crippen molar-refractivity contribution in [2.45, 2.75) is 6.92 Å². The number of hydrogen-bond acceptors (Lipinski definition) is 4. The molecule has 0 bridgehead atoms. The zero-order valence-corrected chi connectivity index (χ0v) is 15.9. The number of hydrazone groups is 1. The lowest BCUT2D eigenvalue weighted by Gasteiger charge is -2.06. The first-order valence-electron chi connectivity index (χ1n) is 8.08. The lowest BCUT2D eigenvalue weighted by atomic mass is 10.2. The molecule has 2 aromatic carbocycles. The van der Waals surface area contributed by atoms with Gasteiger partial charge in [-0.2, -0.15) is 5.10 Å². The van der Waals surface area contributed by atoms with Crippen molar-refractivity contribution in [3.8, 4) is 17.1 Å². The molecule has 0 fully saturated rings.